The average Bonchev–Trinajstić information content (AvgIpc) is 2.43. The van der Waals surface area contributed by atoms with Crippen molar-refractivity contribution in [2.24, 2.45) is 0 Å². The number of nitrogens with one attached hydrogen (secondary N) is 2. The van der Waals surface area contributed by atoms with Crippen molar-refractivity contribution in [1.82, 2.24) is 10.6 Å². The van der Waals surface area contributed by atoms with Gasteiger partial charge in [-0.1, -0.05) is 0 Å². The molecule has 0 fully saturated rings. The largest absolute Gasteiger partial charge is 0.496 e. The predicted octanol–water partition coefficient (Wildman–Crippen LogP) is 2.27. The number of rotatable bonds is 8. The van der Waals surface area contributed by atoms with Gasteiger partial charge in [-0.3, -0.25) is 0 Å². The highest BCUT2D eigenvalue weighted by Gasteiger charge is 2.16. The molecule has 0 saturated carbocycles. The SMILES string of the molecule is CNCCCC(NC)c1cc(OC)c(C)cc1OC. The second kappa shape index (κ2) is 8.02. The summed E-state index contributed by atoms with van der Waals surface area (Å²) in [5.74, 6) is 1.83. The summed E-state index contributed by atoms with van der Waals surface area (Å²) in [6.45, 7) is 3.05. The van der Waals surface area contributed by atoms with Crippen LogP contribution in [0.5, 0.6) is 11.5 Å². The maximum atomic E-state index is 5.50. The molecule has 0 saturated heterocycles. The van der Waals surface area contributed by atoms with Gasteiger partial charge in [-0.25, -0.2) is 0 Å². The van der Waals surface area contributed by atoms with Crippen LogP contribution in [0.25, 0.3) is 0 Å². The fraction of sp³-hybridized carbons (Fsp3) is 0.600. The highest BCUT2D eigenvalue weighted by Crippen LogP contribution is 2.33. The molecule has 0 bridgehead atoms. The number of hydrogen-bond donors (Lipinski definition) is 2. The maximum Gasteiger partial charge on any atom is 0.124 e. The fourth-order valence-electron chi connectivity index (χ4n) is 2.28. The second-order valence-corrected chi connectivity index (χ2v) is 4.65. The third kappa shape index (κ3) is 4.11. The number of ether oxygens (including phenoxy) is 2. The Morgan fingerprint density at radius 3 is 2.32 bits per heavy atom. The lowest BCUT2D eigenvalue weighted by atomic mass is 9.99. The van der Waals surface area contributed by atoms with E-state index in [9.17, 15) is 0 Å². The van der Waals surface area contributed by atoms with Crippen molar-refractivity contribution in [3.63, 3.8) is 0 Å². The van der Waals surface area contributed by atoms with Crippen LogP contribution in [0.2, 0.25) is 0 Å². The van der Waals surface area contributed by atoms with Crippen molar-refractivity contribution in [2.45, 2.75) is 25.8 Å². The minimum atomic E-state index is 0.276. The molecule has 0 spiro atoms. The smallest absolute Gasteiger partial charge is 0.124 e. The molecule has 108 valence electrons. The van der Waals surface area contributed by atoms with Gasteiger partial charge >= 0.3 is 0 Å². The van der Waals surface area contributed by atoms with Crippen LogP contribution in [0.15, 0.2) is 12.1 Å². The number of methoxy groups -OCH3 is 2. The van der Waals surface area contributed by atoms with Crippen molar-refractivity contribution in [3.8, 4) is 11.5 Å². The van der Waals surface area contributed by atoms with Crippen LogP contribution in [0.3, 0.4) is 0 Å². The predicted molar refractivity (Wildman–Crippen MR) is 79.2 cm³/mol. The summed E-state index contributed by atoms with van der Waals surface area (Å²) in [4.78, 5) is 0. The first-order chi connectivity index (χ1) is 9.17. The van der Waals surface area contributed by atoms with Crippen LogP contribution in [-0.4, -0.2) is 34.9 Å². The van der Waals surface area contributed by atoms with Crippen molar-refractivity contribution >= 4 is 0 Å². The normalized spacial score (nSPS) is 12.3. The Bertz CT molecular complexity index is 394. The van der Waals surface area contributed by atoms with Gasteiger partial charge in [0.15, 0.2) is 0 Å². The maximum absolute atomic E-state index is 5.50. The van der Waals surface area contributed by atoms with Gasteiger partial charge in [0, 0.05) is 11.6 Å². The van der Waals surface area contributed by atoms with Gasteiger partial charge in [0.25, 0.3) is 0 Å². The summed E-state index contributed by atoms with van der Waals surface area (Å²) in [6.07, 6.45) is 2.17. The minimum Gasteiger partial charge on any atom is -0.496 e. The van der Waals surface area contributed by atoms with Crippen LogP contribution in [-0.2, 0) is 0 Å². The van der Waals surface area contributed by atoms with E-state index in [1.165, 1.54) is 0 Å². The highest BCUT2D eigenvalue weighted by atomic mass is 16.5. The topological polar surface area (TPSA) is 42.5 Å². The van der Waals surface area contributed by atoms with E-state index < -0.39 is 0 Å². The summed E-state index contributed by atoms with van der Waals surface area (Å²) >= 11 is 0. The van der Waals surface area contributed by atoms with Crippen molar-refractivity contribution in [2.75, 3.05) is 34.9 Å². The molecule has 0 aliphatic carbocycles. The van der Waals surface area contributed by atoms with Gasteiger partial charge in [-0.15, -0.1) is 0 Å². The lowest BCUT2D eigenvalue weighted by Crippen LogP contribution is -2.19. The van der Waals surface area contributed by atoms with Gasteiger partial charge in [0.2, 0.25) is 0 Å². The van der Waals surface area contributed by atoms with Gasteiger partial charge in [0.1, 0.15) is 11.5 Å². The molecule has 0 radical (unpaired) electrons. The van der Waals surface area contributed by atoms with Crippen molar-refractivity contribution < 1.29 is 9.47 Å². The molecule has 1 unspecified atom stereocenters. The van der Waals surface area contributed by atoms with E-state index in [1.54, 1.807) is 14.2 Å². The summed E-state index contributed by atoms with van der Waals surface area (Å²) in [5, 5.41) is 6.53. The Morgan fingerprint density at radius 2 is 1.79 bits per heavy atom. The molecule has 4 nitrogen and oxygen atoms in total. The molecular formula is C15H26N2O2. The molecule has 0 aromatic heterocycles. The molecule has 0 aliphatic heterocycles. The van der Waals surface area contributed by atoms with Gasteiger partial charge < -0.3 is 20.1 Å². The third-order valence-electron chi connectivity index (χ3n) is 3.39. The van der Waals surface area contributed by atoms with Crippen LogP contribution < -0.4 is 20.1 Å². The Balaban J connectivity index is 2.99. The lowest BCUT2D eigenvalue weighted by Gasteiger charge is -2.21. The summed E-state index contributed by atoms with van der Waals surface area (Å²) in [6, 6.07) is 4.39. The first-order valence-electron chi connectivity index (χ1n) is 6.72. The molecule has 1 rings (SSSR count). The van der Waals surface area contributed by atoms with E-state index in [1.807, 2.05) is 27.1 Å². The van der Waals surface area contributed by atoms with Gasteiger partial charge in [-0.2, -0.15) is 0 Å². The minimum absolute atomic E-state index is 0.276. The van der Waals surface area contributed by atoms with E-state index in [0.29, 0.717) is 0 Å². The van der Waals surface area contributed by atoms with Crippen LogP contribution >= 0.6 is 0 Å². The van der Waals surface area contributed by atoms with E-state index >= 15 is 0 Å². The monoisotopic (exact) mass is 266 g/mol. The van der Waals surface area contributed by atoms with Crippen LogP contribution in [0.4, 0.5) is 0 Å². The fourth-order valence-corrected chi connectivity index (χ4v) is 2.28. The Labute approximate surface area is 116 Å². The summed E-state index contributed by atoms with van der Waals surface area (Å²) in [5.41, 5.74) is 2.25. The van der Waals surface area contributed by atoms with Crippen molar-refractivity contribution in [1.29, 1.82) is 0 Å². The molecule has 4 heteroatoms. The molecule has 1 aromatic carbocycles. The molecule has 0 aliphatic rings. The van der Waals surface area contributed by atoms with Gasteiger partial charge in [-0.05, 0) is 58.1 Å². The first kappa shape index (κ1) is 15.8. The molecular weight excluding hydrogens is 240 g/mol. The highest BCUT2D eigenvalue weighted by molar-refractivity contribution is 5.47. The summed E-state index contributed by atoms with van der Waals surface area (Å²) < 4.78 is 10.9. The average molecular weight is 266 g/mol. The standard InChI is InChI=1S/C15H26N2O2/c1-11-9-15(19-5)12(10-14(11)18-4)13(17-3)7-6-8-16-2/h9-10,13,16-17H,6-8H2,1-5H3. The zero-order chi connectivity index (χ0) is 14.3. The third-order valence-corrected chi connectivity index (χ3v) is 3.39. The number of aryl methyl sites for hydroxylation is 1. The molecule has 2 N–H and O–H groups in total. The number of hydrogen-bond acceptors (Lipinski definition) is 4. The molecule has 0 heterocycles. The molecule has 1 atom stereocenters. The zero-order valence-corrected chi connectivity index (χ0v) is 12.7. The van der Waals surface area contributed by atoms with Gasteiger partial charge in [0.05, 0.1) is 14.2 Å². The Hall–Kier alpha value is -1.26. The Kier molecular flexibility index (Phi) is 6.67. The van der Waals surface area contributed by atoms with E-state index in [4.69, 9.17) is 9.47 Å². The summed E-state index contributed by atoms with van der Waals surface area (Å²) in [7, 11) is 7.37. The van der Waals surface area contributed by atoms with E-state index in [0.717, 1.165) is 42.0 Å². The van der Waals surface area contributed by atoms with Crippen LogP contribution in [0, 0.1) is 6.92 Å². The quantitative estimate of drug-likeness (QED) is 0.708. The van der Waals surface area contributed by atoms with E-state index in [-0.39, 0.29) is 6.04 Å². The van der Waals surface area contributed by atoms with E-state index in [2.05, 4.69) is 16.7 Å². The van der Waals surface area contributed by atoms with Crippen LogP contribution in [0.1, 0.15) is 30.0 Å². The first-order valence-corrected chi connectivity index (χ1v) is 6.72. The second-order valence-electron chi connectivity index (χ2n) is 4.65. The lowest BCUT2D eigenvalue weighted by molar-refractivity contribution is 0.386. The Morgan fingerprint density at radius 1 is 1.11 bits per heavy atom. The van der Waals surface area contributed by atoms with Crippen molar-refractivity contribution in [3.05, 3.63) is 23.3 Å². The molecule has 1 aromatic rings. The molecule has 19 heavy (non-hydrogen) atoms. The zero-order valence-electron chi connectivity index (χ0n) is 12.7. The molecule has 0 amide bonds. The number of benzene rings is 1.